The number of nitrogens with zero attached hydrogens (tertiary/aromatic N) is 2. The molecule has 9 heteroatoms. The quantitative estimate of drug-likeness (QED) is 0.586. The van der Waals surface area contributed by atoms with Crippen molar-refractivity contribution >= 4 is 29.3 Å². The van der Waals surface area contributed by atoms with Crippen molar-refractivity contribution in [2.75, 3.05) is 51.3 Å². The number of amides is 2. The number of hydrogen-bond acceptors (Lipinski definition) is 6. The molecular formula is C25H29ClN4O4. The van der Waals surface area contributed by atoms with Gasteiger partial charge in [0, 0.05) is 55.2 Å². The van der Waals surface area contributed by atoms with E-state index in [1.807, 2.05) is 24.3 Å². The lowest BCUT2D eigenvalue weighted by Crippen LogP contribution is -2.51. The first-order chi connectivity index (χ1) is 16.5. The number of methoxy groups -OCH3 is 1. The first kappa shape index (κ1) is 23.9. The van der Waals surface area contributed by atoms with E-state index in [9.17, 15) is 9.59 Å². The number of carbonyl (C=O) groups excluding carboxylic acids is 2. The molecule has 0 aromatic heterocycles. The van der Waals surface area contributed by atoms with E-state index in [1.165, 1.54) is 0 Å². The van der Waals surface area contributed by atoms with Crippen LogP contribution in [0.25, 0.3) is 0 Å². The van der Waals surface area contributed by atoms with Crippen LogP contribution in [0.5, 0.6) is 5.75 Å². The fourth-order valence-electron chi connectivity index (χ4n) is 4.32. The number of esters is 1. The summed E-state index contributed by atoms with van der Waals surface area (Å²) in [4.78, 5) is 30.0. The molecule has 2 heterocycles. The predicted molar refractivity (Wildman–Crippen MR) is 131 cm³/mol. The van der Waals surface area contributed by atoms with Gasteiger partial charge in [-0.3, -0.25) is 4.90 Å². The van der Waals surface area contributed by atoms with Crippen LogP contribution in [0.3, 0.4) is 0 Å². The third-order valence-electron chi connectivity index (χ3n) is 6.00. The second-order valence-electron chi connectivity index (χ2n) is 8.16. The van der Waals surface area contributed by atoms with Gasteiger partial charge >= 0.3 is 12.0 Å². The maximum Gasteiger partial charge on any atom is 0.338 e. The lowest BCUT2D eigenvalue weighted by Gasteiger charge is -2.38. The molecule has 0 aliphatic carbocycles. The number of nitrogens with one attached hydrogen (secondary N) is 2. The number of carbonyl (C=O) groups is 2. The number of halogens is 1. The summed E-state index contributed by atoms with van der Waals surface area (Å²) in [6, 6.07) is 14.2. The van der Waals surface area contributed by atoms with Gasteiger partial charge in [-0.05, 0) is 36.8 Å². The van der Waals surface area contributed by atoms with Crippen molar-refractivity contribution in [2.24, 2.45) is 0 Å². The van der Waals surface area contributed by atoms with E-state index in [-0.39, 0.29) is 12.6 Å². The standard InChI is InChI=1S/C25H29ClN4O4/c1-3-34-24(31)22-21(27-25(32)28-23(22)17-6-4-7-18(26)14-17)16-29-10-12-30(13-11-29)19-8-5-9-20(15-19)33-2/h4-9,14-15,23H,3,10-13,16H2,1-2H3,(H2,27,28,32)/t23-/m0/s1. The van der Waals surface area contributed by atoms with Gasteiger partial charge in [-0.1, -0.05) is 29.8 Å². The summed E-state index contributed by atoms with van der Waals surface area (Å²) in [5.41, 5.74) is 2.80. The van der Waals surface area contributed by atoms with Gasteiger partial charge in [0.1, 0.15) is 5.75 Å². The second-order valence-corrected chi connectivity index (χ2v) is 8.60. The minimum Gasteiger partial charge on any atom is -0.497 e. The Kier molecular flexibility index (Phi) is 7.59. The maximum absolute atomic E-state index is 13.0. The molecule has 2 aliphatic rings. The van der Waals surface area contributed by atoms with Gasteiger partial charge in [0.15, 0.2) is 0 Å². The van der Waals surface area contributed by atoms with Gasteiger partial charge in [-0.25, -0.2) is 9.59 Å². The molecule has 34 heavy (non-hydrogen) atoms. The lowest BCUT2D eigenvalue weighted by molar-refractivity contribution is -0.139. The average Bonchev–Trinajstić information content (AvgIpc) is 2.84. The molecule has 0 bridgehead atoms. The Morgan fingerprint density at radius 1 is 1.12 bits per heavy atom. The Balaban J connectivity index is 1.54. The number of benzene rings is 2. The number of ether oxygens (including phenoxy) is 2. The van der Waals surface area contributed by atoms with Crippen LogP contribution in [0, 0.1) is 0 Å². The Labute approximate surface area is 204 Å². The van der Waals surface area contributed by atoms with Crippen molar-refractivity contribution in [3.63, 3.8) is 0 Å². The number of urea groups is 1. The molecule has 1 atom stereocenters. The van der Waals surface area contributed by atoms with Crippen molar-refractivity contribution in [1.82, 2.24) is 15.5 Å². The van der Waals surface area contributed by atoms with E-state index in [4.69, 9.17) is 21.1 Å². The zero-order valence-corrected chi connectivity index (χ0v) is 20.1. The number of hydrogen-bond donors (Lipinski definition) is 2. The third-order valence-corrected chi connectivity index (χ3v) is 6.24. The van der Waals surface area contributed by atoms with Gasteiger partial charge < -0.3 is 25.0 Å². The smallest absolute Gasteiger partial charge is 0.338 e. The highest BCUT2D eigenvalue weighted by atomic mass is 35.5. The Morgan fingerprint density at radius 3 is 2.59 bits per heavy atom. The van der Waals surface area contributed by atoms with E-state index in [2.05, 4.69) is 26.5 Å². The highest BCUT2D eigenvalue weighted by molar-refractivity contribution is 6.30. The van der Waals surface area contributed by atoms with Crippen molar-refractivity contribution in [2.45, 2.75) is 13.0 Å². The zero-order valence-electron chi connectivity index (χ0n) is 19.3. The largest absolute Gasteiger partial charge is 0.497 e. The summed E-state index contributed by atoms with van der Waals surface area (Å²) < 4.78 is 10.7. The highest BCUT2D eigenvalue weighted by Gasteiger charge is 2.34. The Bertz CT molecular complexity index is 1080. The fourth-order valence-corrected chi connectivity index (χ4v) is 4.52. The van der Waals surface area contributed by atoms with E-state index in [1.54, 1.807) is 32.2 Å². The Hall–Kier alpha value is -3.23. The molecule has 0 radical (unpaired) electrons. The molecule has 2 aromatic rings. The molecule has 2 N–H and O–H groups in total. The summed E-state index contributed by atoms with van der Waals surface area (Å²) in [5, 5.41) is 6.23. The second kappa shape index (κ2) is 10.8. The SMILES string of the molecule is CCOC(=O)C1=C(CN2CCN(c3cccc(OC)c3)CC2)NC(=O)N[C@H]1c1cccc(Cl)c1. The van der Waals surface area contributed by atoms with Gasteiger partial charge in [-0.15, -0.1) is 0 Å². The van der Waals surface area contributed by atoms with E-state index in [0.717, 1.165) is 43.2 Å². The van der Waals surface area contributed by atoms with Crippen LogP contribution in [0.4, 0.5) is 10.5 Å². The van der Waals surface area contributed by atoms with Gasteiger partial charge in [0.2, 0.25) is 0 Å². The van der Waals surface area contributed by atoms with Crippen LogP contribution in [0.1, 0.15) is 18.5 Å². The molecule has 4 rings (SSSR count). The predicted octanol–water partition coefficient (Wildman–Crippen LogP) is 3.34. The summed E-state index contributed by atoms with van der Waals surface area (Å²) >= 11 is 6.18. The van der Waals surface area contributed by atoms with Crippen LogP contribution in [0.2, 0.25) is 5.02 Å². The topological polar surface area (TPSA) is 83.1 Å². The highest BCUT2D eigenvalue weighted by Crippen LogP contribution is 2.30. The van der Waals surface area contributed by atoms with Crippen molar-refractivity contribution in [3.05, 3.63) is 70.4 Å². The van der Waals surface area contributed by atoms with E-state index in [0.29, 0.717) is 22.8 Å². The first-order valence-corrected chi connectivity index (χ1v) is 11.7. The molecule has 0 saturated carbocycles. The Morgan fingerprint density at radius 2 is 1.88 bits per heavy atom. The molecule has 0 spiro atoms. The average molecular weight is 485 g/mol. The number of piperazine rings is 1. The molecule has 180 valence electrons. The molecule has 1 saturated heterocycles. The monoisotopic (exact) mass is 484 g/mol. The van der Waals surface area contributed by atoms with Crippen molar-refractivity contribution in [3.8, 4) is 5.75 Å². The molecule has 1 fully saturated rings. The van der Waals surface area contributed by atoms with E-state index >= 15 is 0 Å². The summed E-state index contributed by atoms with van der Waals surface area (Å²) in [6.07, 6.45) is 0. The van der Waals surface area contributed by atoms with Gasteiger partial charge in [0.25, 0.3) is 0 Å². The number of rotatable bonds is 7. The first-order valence-electron chi connectivity index (χ1n) is 11.3. The maximum atomic E-state index is 13.0. The van der Waals surface area contributed by atoms with Crippen molar-refractivity contribution in [1.29, 1.82) is 0 Å². The molecular weight excluding hydrogens is 456 g/mol. The summed E-state index contributed by atoms with van der Waals surface area (Å²) in [7, 11) is 1.66. The third kappa shape index (κ3) is 5.46. The molecule has 2 amide bonds. The minimum absolute atomic E-state index is 0.241. The van der Waals surface area contributed by atoms with Crippen LogP contribution >= 0.6 is 11.6 Å². The van der Waals surface area contributed by atoms with Gasteiger partial charge in [-0.2, -0.15) is 0 Å². The fraction of sp³-hybridized carbons (Fsp3) is 0.360. The van der Waals surface area contributed by atoms with Crippen LogP contribution in [0.15, 0.2) is 59.8 Å². The molecule has 0 unspecified atom stereocenters. The minimum atomic E-state index is -0.639. The zero-order chi connectivity index (χ0) is 24.1. The van der Waals surface area contributed by atoms with Crippen LogP contribution in [-0.2, 0) is 9.53 Å². The van der Waals surface area contributed by atoms with Gasteiger partial charge in [0.05, 0.1) is 25.3 Å². The molecule has 2 aliphatic heterocycles. The summed E-state index contributed by atoms with van der Waals surface area (Å²) in [6.45, 7) is 5.64. The molecule has 2 aromatic carbocycles. The van der Waals surface area contributed by atoms with Crippen LogP contribution < -0.4 is 20.3 Å². The summed E-state index contributed by atoms with van der Waals surface area (Å²) in [5.74, 6) is 0.374. The number of anilines is 1. The molecule has 8 nitrogen and oxygen atoms in total. The van der Waals surface area contributed by atoms with Crippen LogP contribution in [-0.4, -0.2) is 63.3 Å². The van der Waals surface area contributed by atoms with E-state index < -0.39 is 12.0 Å². The normalized spacial score (nSPS) is 18.9. The van der Waals surface area contributed by atoms with Crippen molar-refractivity contribution < 1.29 is 19.1 Å². The lowest BCUT2D eigenvalue weighted by atomic mass is 9.95.